The van der Waals surface area contributed by atoms with Gasteiger partial charge in [-0.1, -0.05) is 62.9 Å². The van der Waals surface area contributed by atoms with Crippen molar-refractivity contribution in [2.75, 3.05) is 11.9 Å². The zero-order chi connectivity index (χ0) is 23.5. The molecule has 0 bridgehead atoms. The molecular weight excluding hydrogens is 420 g/mol. The van der Waals surface area contributed by atoms with E-state index in [1.54, 1.807) is 0 Å². The van der Waals surface area contributed by atoms with Gasteiger partial charge in [0.05, 0.1) is 11.4 Å². The van der Waals surface area contributed by atoms with E-state index >= 15 is 0 Å². The van der Waals surface area contributed by atoms with E-state index in [1.807, 2.05) is 57.2 Å². The Morgan fingerprint density at radius 1 is 1.00 bits per heavy atom. The van der Waals surface area contributed by atoms with Crippen molar-refractivity contribution < 1.29 is 13.2 Å². The van der Waals surface area contributed by atoms with Crippen molar-refractivity contribution in [3.63, 3.8) is 0 Å². The van der Waals surface area contributed by atoms with Crippen molar-refractivity contribution in [2.45, 2.75) is 83.6 Å². The summed E-state index contributed by atoms with van der Waals surface area (Å²) < 4.78 is 29.1. The summed E-state index contributed by atoms with van der Waals surface area (Å²) in [7, 11) is -3.81. The number of benzene rings is 2. The molecule has 6 heteroatoms. The van der Waals surface area contributed by atoms with Gasteiger partial charge in [0.15, 0.2) is 0 Å². The number of rotatable bonds is 7. The molecular formula is C26H36N2O3S. The van der Waals surface area contributed by atoms with E-state index in [1.165, 1.54) is 9.87 Å². The molecule has 1 aliphatic rings. The van der Waals surface area contributed by atoms with Gasteiger partial charge >= 0.3 is 0 Å². The summed E-state index contributed by atoms with van der Waals surface area (Å²) in [6.07, 6.45) is 4.67. The molecule has 0 aromatic heterocycles. The van der Waals surface area contributed by atoms with Gasteiger partial charge < -0.3 is 5.32 Å². The number of nitrogens with zero attached hydrogens (tertiary/aromatic N) is 1. The summed E-state index contributed by atoms with van der Waals surface area (Å²) in [5.41, 5.74) is 4.37. The van der Waals surface area contributed by atoms with E-state index in [0.717, 1.165) is 48.8 Å². The maximum absolute atomic E-state index is 13.8. The lowest BCUT2D eigenvalue weighted by atomic mass is 9.95. The van der Waals surface area contributed by atoms with E-state index in [4.69, 9.17) is 0 Å². The predicted molar refractivity (Wildman–Crippen MR) is 131 cm³/mol. The molecule has 0 unspecified atom stereocenters. The highest BCUT2D eigenvalue weighted by atomic mass is 32.2. The Morgan fingerprint density at radius 3 is 2.09 bits per heavy atom. The molecule has 0 aliphatic heterocycles. The van der Waals surface area contributed by atoms with E-state index in [0.29, 0.717) is 16.5 Å². The molecule has 5 nitrogen and oxygen atoms in total. The fraction of sp³-hybridized carbons (Fsp3) is 0.500. The molecule has 1 amide bonds. The molecule has 32 heavy (non-hydrogen) atoms. The number of hydrogen-bond donors (Lipinski definition) is 1. The summed E-state index contributed by atoms with van der Waals surface area (Å²) in [6, 6.07) is 11.4. The summed E-state index contributed by atoms with van der Waals surface area (Å²) >= 11 is 0. The topological polar surface area (TPSA) is 66.5 Å². The summed E-state index contributed by atoms with van der Waals surface area (Å²) in [6.45, 7) is 9.70. The van der Waals surface area contributed by atoms with Crippen LogP contribution in [-0.2, 0) is 14.8 Å². The quantitative estimate of drug-likeness (QED) is 0.581. The Morgan fingerprint density at radius 2 is 1.56 bits per heavy atom. The fourth-order valence-corrected chi connectivity index (χ4v) is 6.82. The number of carbonyl (C=O) groups is 1. The van der Waals surface area contributed by atoms with Crippen LogP contribution in [0, 0.1) is 20.8 Å². The van der Waals surface area contributed by atoms with Crippen LogP contribution in [0.1, 0.15) is 74.1 Å². The number of sulfonamides is 1. The lowest BCUT2D eigenvalue weighted by molar-refractivity contribution is -0.116. The second-order valence-corrected chi connectivity index (χ2v) is 11.2. The van der Waals surface area contributed by atoms with Gasteiger partial charge in [-0.25, -0.2) is 8.42 Å². The van der Waals surface area contributed by atoms with Crippen LogP contribution in [0.15, 0.2) is 41.3 Å². The minimum atomic E-state index is -3.81. The van der Waals surface area contributed by atoms with Crippen molar-refractivity contribution >= 4 is 21.6 Å². The molecule has 0 saturated heterocycles. The Bertz CT molecular complexity index is 1030. The Kier molecular flexibility index (Phi) is 7.78. The Hall–Kier alpha value is -2.18. The molecule has 1 aliphatic carbocycles. The average molecular weight is 457 g/mol. The van der Waals surface area contributed by atoms with Crippen molar-refractivity contribution in [1.29, 1.82) is 0 Å². The number of anilines is 1. The molecule has 0 heterocycles. The van der Waals surface area contributed by atoms with Crippen LogP contribution in [0.3, 0.4) is 0 Å². The average Bonchev–Trinajstić information content (AvgIpc) is 2.72. The van der Waals surface area contributed by atoms with Gasteiger partial charge in [-0.15, -0.1) is 0 Å². The van der Waals surface area contributed by atoms with E-state index in [-0.39, 0.29) is 18.5 Å². The van der Waals surface area contributed by atoms with Crippen LogP contribution in [0.2, 0.25) is 0 Å². The molecule has 174 valence electrons. The first-order valence-electron chi connectivity index (χ1n) is 11.6. The van der Waals surface area contributed by atoms with Crippen molar-refractivity contribution in [2.24, 2.45) is 0 Å². The summed E-state index contributed by atoms with van der Waals surface area (Å²) in [5.74, 6) is 0.103. The third kappa shape index (κ3) is 5.59. The van der Waals surface area contributed by atoms with Crippen LogP contribution in [0.5, 0.6) is 0 Å². The lowest BCUT2D eigenvalue weighted by Crippen LogP contribution is -2.46. The van der Waals surface area contributed by atoms with Crippen LogP contribution in [-0.4, -0.2) is 31.2 Å². The molecule has 1 saturated carbocycles. The zero-order valence-corrected chi connectivity index (χ0v) is 20.8. The molecule has 1 fully saturated rings. The van der Waals surface area contributed by atoms with E-state index in [2.05, 4.69) is 19.2 Å². The van der Waals surface area contributed by atoms with Gasteiger partial charge in [0, 0.05) is 11.7 Å². The number of carbonyl (C=O) groups excluding carboxylic acids is 1. The third-order valence-corrected chi connectivity index (χ3v) is 8.52. The molecule has 0 atom stereocenters. The van der Waals surface area contributed by atoms with Gasteiger partial charge in [-0.3, -0.25) is 4.79 Å². The van der Waals surface area contributed by atoms with Gasteiger partial charge in [-0.05, 0) is 68.4 Å². The monoisotopic (exact) mass is 456 g/mol. The second-order valence-electron chi connectivity index (χ2n) is 9.39. The van der Waals surface area contributed by atoms with Gasteiger partial charge in [0.2, 0.25) is 15.9 Å². The highest BCUT2D eigenvalue weighted by molar-refractivity contribution is 7.89. The van der Waals surface area contributed by atoms with Crippen molar-refractivity contribution in [3.8, 4) is 0 Å². The third-order valence-electron chi connectivity index (χ3n) is 6.31. The van der Waals surface area contributed by atoms with Gasteiger partial charge in [0.25, 0.3) is 0 Å². The molecule has 0 radical (unpaired) electrons. The SMILES string of the molecule is Cc1cc(C)c(S(=O)(=O)N(CC(=O)Nc2ccc(C(C)C)cc2)C2CCCCC2)c(C)c1. The minimum Gasteiger partial charge on any atom is -0.325 e. The fourth-order valence-electron chi connectivity index (χ4n) is 4.76. The first kappa shape index (κ1) is 24.5. The van der Waals surface area contributed by atoms with Crippen LogP contribution >= 0.6 is 0 Å². The first-order chi connectivity index (χ1) is 15.1. The highest BCUT2D eigenvalue weighted by Gasteiger charge is 2.35. The summed E-state index contributed by atoms with van der Waals surface area (Å²) in [5, 5.41) is 2.89. The highest BCUT2D eigenvalue weighted by Crippen LogP contribution is 2.31. The second kappa shape index (κ2) is 10.2. The number of nitrogens with one attached hydrogen (secondary N) is 1. The number of aryl methyl sites for hydroxylation is 3. The Balaban J connectivity index is 1.88. The van der Waals surface area contributed by atoms with Crippen LogP contribution in [0.25, 0.3) is 0 Å². The summed E-state index contributed by atoms with van der Waals surface area (Å²) in [4.78, 5) is 13.3. The minimum absolute atomic E-state index is 0.150. The standard InChI is InChI=1S/C26H36N2O3S/c1-18(2)22-11-13-23(14-12-22)27-25(29)17-28(24-9-7-6-8-10-24)32(30,31)26-20(4)15-19(3)16-21(26)5/h11-16,18,24H,6-10,17H2,1-5H3,(H,27,29). The Labute approximate surface area is 193 Å². The van der Waals surface area contributed by atoms with Gasteiger partial charge in [0.1, 0.15) is 0 Å². The molecule has 0 spiro atoms. The maximum Gasteiger partial charge on any atom is 0.244 e. The molecule has 2 aromatic carbocycles. The van der Waals surface area contributed by atoms with Crippen LogP contribution in [0.4, 0.5) is 5.69 Å². The molecule has 3 rings (SSSR count). The number of hydrogen-bond acceptors (Lipinski definition) is 3. The number of amides is 1. The van der Waals surface area contributed by atoms with Gasteiger partial charge in [-0.2, -0.15) is 4.31 Å². The first-order valence-corrected chi connectivity index (χ1v) is 13.0. The largest absolute Gasteiger partial charge is 0.325 e. The predicted octanol–water partition coefficient (Wildman–Crippen LogP) is 5.70. The normalized spacial score (nSPS) is 15.3. The molecule has 1 N–H and O–H groups in total. The van der Waals surface area contributed by atoms with E-state index in [9.17, 15) is 13.2 Å². The smallest absolute Gasteiger partial charge is 0.244 e. The molecule has 2 aromatic rings. The lowest BCUT2D eigenvalue weighted by Gasteiger charge is -2.33. The van der Waals surface area contributed by atoms with Crippen molar-refractivity contribution in [1.82, 2.24) is 4.31 Å². The van der Waals surface area contributed by atoms with E-state index < -0.39 is 10.0 Å². The maximum atomic E-state index is 13.8. The zero-order valence-electron chi connectivity index (χ0n) is 19.9. The van der Waals surface area contributed by atoms with Crippen molar-refractivity contribution in [3.05, 3.63) is 58.7 Å². The van der Waals surface area contributed by atoms with Crippen LogP contribution < -0.4 is 5.32 Å².